The Hall–Kier alpha value is -0.380. The highest BCUT2D eigenvalue weighted by atomic mass is 32.1. The van der Waals surface area contributed by atoms with E-state index in [1.165, 1.54) is 5.56 Å². The standard InChI is InChI=1S/C11H19NOS/c1-2-3-10(12)11(13)5-4-9-6-7-14-8-9/h6-8,10-11,13H,2-5,12H2,1H3. The normalized spacial score (nSPS) is 15.4. The Morgan fingerprint density at radius 1 is 1.50 bits per heavy atom. The Morgan fingerprint density at radius 3 is 2.86 bits per heavy atom. The van der Waals surface area contributed by atoms with E-state index in [0.717, 1.165) is 25.7 Å². The van der Waals surface area contributed by atoms with E-state index in [2.05, 4.69) is 23.8 Å². The average Bonchev–Trinajstić information content (AvgIpc) is 2.67. The fourth-order valence-corrected chi connectivity index (χ4v) is 2.19. The van der Waals surface area contributed by atoms with Crippen LogP contribution in [0.4, 0.5) is 0 Å². The van der Waals surface area contributed by atoms with Crippen LogP contribution >= 0.6 is 11.3 Å². The molecule has 1 aromatic rings. The molecule has 1 heterocycles. The van der Waals surface area contributed by atoms with Crippen molar-refractivity contribution in [1.82, 2.24) is 0 Å². The van der Waals surface area contributed by atoms with E-state index < -0.39 is 0 Å². The van der Waals surface area contributed by atoms with E-state index in [0.29, 0.717) is 0 Å². The van der Waals surface area contributed by atoms with Gasteiger partial charge in [-0.2, -0.15) is 11.3 Å². The first-order chi connectivity index (χ1) is 6.74. The van der Waals surface area contributed by atoms with Gasteiger partial charge < -0.3 is 10.8 Å². The minimum Gasteiger partial charge on any atom is -0.392 e. The van der Waals surface area contributed by atoms with Crippen LogP contribution in [0.25, 0.3) is 0 Å². The molecule has 0 aliphatic rings. The maximum absolute atomic E-state index is 9.73. The van der Waals surface area contributed by atoms with Crippen molar-refractivity contribution in [1.29, 1.82) is 0 Å². The van der Waals surface area contributed by atoms with Gasteiger partial charge in [-0.3, -0.25) is 0 Å². The van der Waals surface area contributed by atoms with Gasteiger partial charge in [0.2, 0.25) is 0 Å². The smallest absolute Gasteiger partial charge is 0.0694 e. The molecule has 3 heteroatoms. The van der Waals surface area contributed by atoms with E-state index in [-0.39, 0.29) is 12.1 Å². The predicted molar refractivity (Wildman–Crippen MR) is 61.5 cm³/mol. The zero-order valence-corrected chi connectivity index (χ0v) is 9.46. The van der Waals surface area contributed by atoms with Gasteiger partial charge in [-0.1, -0.05) is 13.3 Å². The topological polar surface area (TPSA) is 46.2 Å². The fraction of sp³-hybridized carbons (Fsp3) is 0.636. The largest absolute Gasteiger partial charge is 0.392 e. The molecule has 1 aromatic heterocycles. The summed E-state index contributed by atoms with van der Waals surface area (Å²) in [5, 5.41) is 13.9. The van der Waals surface area contributed by atoms with Gasteiger partial charge in [0, 0.05) is 6.04 Å². The highest BCUT2D eigenvalue weighted by Crippen LogP contribution is 2.12. The molecule has 0 fully saturated rings. The highest BCUT2D eigenvalue weighted by Gasteiger charge is 2.13. The van der Waals surface area contributed by atoms with Gasteiger partial charge in [0.25, 0.3) is 0 Å². The van der Waals surface area contributed by atoms with Gasteiger partial charge in [-0.15, -0.1) is 0 Å². The van der Waals surface area contributed by atoms with Gasteiger partial charge in [-0.05, 0) is 41.7 Å². The average molecular weight is 213 g/mol. The van der Waals surface area contributed by atoms with Gasteiger partial charge in [-0.25, -0.2) is 0 Å². The van der Waals surface area contributed by atoms with E-state index in [1.807, 2.05) is 0 Å². The van der Waals surface area contributed by atoms with Crippen molar-refractivity contribution in [2.45, 2.75) is 44.8 Å². The summed E-state index contributed by atoms with van der Waals surface area (Å²) in [6.45, 7) is 2.09. The molecule has 0 amide bonds. The number of rotatable bonds is 6. The predicted octanol–water partition coefficient (Wildman–Crippen LogP) is 2.17. The van der Waals surface area contributed by atoms with Crippen molar-refractivity contribution in [3.8, 4) is 0 Å². The third-order valence-corrected chi connectivity index (χ3v) is 3.16. The molecule has 2 unspecified atom stereocenters. The summed E-state index contributed by atoms with van der Waals surface area (Å²) in [5.41, 5.74) is 7.12. The van der Waals surface area contributed by atoms with Crippen molar-refractivity contribution < 1.29 is 5.11 Å². The molecule has 3 N–H and O–H groups in total. The molecule has 0 spiro atoms. The summed E-state index contributed by atoms with van der Waals surface area (Å²) in [7, 11) is 0. The second kappa shape index (κ2) is 6.17. The molecular formula is C11H19NOS. The van der Waals surface area contributed by atoms with Gasteiger partial charge in [0.15, 0.2) is 0 Å². The number of aliphatic hydroxyl groups excluding tert-OH is 1. The quantitative estimate of drug-likeness (QED) is 0.760. The van der Waals surface area contributed by atoms with E-state index >= 15 is 0 Å². The monoisotopic (exact) mass is 213 g/mol. The SMILES string of the molecule is CCCC(N)C(O)CCc1ccsc1. The molecule has 2 nitrogen and oxygen atoms in total. The summed E-state index contributed by atoms with van der Waals surface area (Å²) in [4.78, 5) is 0. The summed E-state index contributed by atoms with van der Waals surface area (Å²) in [6, 6.07) is 2.04. The second-order valence-electron chi connectivity index (χ2n) is 3.69. The molecule has 14 heavy (non-hydrogen) atoms. The Morgan fingerprint density at radius 2 is 2.29 bits per heavy atom. The van der Waals surface area contributed by atoms with Crippen molar-refractivity contribution in [2.75, 3.05) is 0 Å². The number of hydrogen-bond donors (Lipinski definition) is 2. The van der Waals surface area contributed by atoms with Crippen molar-refractivity contribution in [2.24, 2.45) is 5.73 Å². The summed E-state index contributed by atoms with van der Waals surface area (Å²) in [6.07, 6.45) is 3.30. The van der Waals surface area contributed by atoms with E-state index in [1.54, 1.807) is 11.3 Å². The summed E-state index contributed by atoms with van der Waals surface area (Å²) >= 11 is 1.70. The third kappa shape index (κ3) is 3.78. The highest BCUT2D eigenvalue weighted by molar-refractivity contribution is 7.07. The van der Waals surface area contributed by atoms with Gasteiger partial charge >= 0.3 is 0 Å². The first-order valence-corrected chi connectivity index (χ1v) is 6.13. The van der Waals surface area contributed by atoms with Crippen molar-refractivity contribution in [3.63, 3.8) is 0 Å². The number of hydrogen-bond acceptors (Lipinski definition) is 3. The minimum atomic E-state index is -0.352. The first kappa shape index (κ1) is 11.7. The van der Waals surface area contributed by atoms with Crippen LogP contribution < -0.4 is 5.73 Å². The van der Waals surface area contributed by atoms with Crippen LogP contribution in [0, 0.1) is 0 Å². The molecule has 0 aliphatic carbocycles. The van der Waals surface area contributed by atoms with Crippen molar-refractivity contribution >= 4 is 11.3 Å². The third-order valence-electron chi connectivity index (χ3n) is 2.43. The second-order valence-corrected chi connectivity index (χ2v) is 4.47. The first-order valence-electron chi connectivity index (χ1n) is 5.18. The number of nitrogens with two attached hydrogens (primary N) is 1. The maximum Gasteiger partial charge on any atom is 0.0694 e. The molecule has 0 saturated carbocycles. The molecular weight excluding hydrogens is 194 g/mol. The lowest BCUT2D eigenvalue weighted by Crippen LogP contribution is -2.34. The lowest BCUT2D eigenvalue weighted by atomic mass is 10.0. The van der Waals surface area contributed by atoms with Crippen LogP contribution in [0.3, 0.4) is 0 Å². The zero-order chi connectivity index (χ0) is 10.4. The van der Waals surface area contributed by atoms with Gasteiger partial charge in [0.1, 0.15) is 0 Å². The lowest BCUT2D eigenvalue weighted by Gasteiger charge is -2.17. The van der Waals surface area contributed by atoms with E-state index in [9.17, 15) is 5.11 Å². The molecule has 0 aromatic carbocycles. The van der Waals surface area contributed by atoms with Gasteiger partial charge in [0.05, 0.1) is 6.10 Å². The van der Waals surface area contributed by atoms with Crippen LogP contribution in [0.15, 0.2) is 16.8 Å². The minimum absolute atomic E-state index is 0.0568. The molecule has 0 bridgehead atoms. The Kier molecular flexibility index (Phi) is 5.15. The maximum atomic E-state index is 9.73. The number of aryl methyl sites for hydroxylation is 1. The number of aliphatic hydroxyl groups is 1. The van der Waals surface area contributed by atoms with Crippen LogP contribution in [-0.4, -0.2) is 17.3 Å². The molecule has 0 aliphatic heterocycles. The van der Waals surface area contributed by atoms with Crippen molar-refractivity contribution in [3.05, 3.63) is 22.4 Å². The van der Waals surface area contributed by atoms with Crippen LogP contribution in [0.5, 0.6) is 0 Å². The molecule has 0 radical (unpaired) electrons. The Bertz CT molecular complexity index is 235. The van der Waals surface area contributed by atoms with Crippen LogP contribution in [0.1, 0.15) is 31.7 Å². The molecule has 0 saturated heterocycles. The molecule has 80 valence electrons. The molecule has 2 atom stereocenters. The van der Waals surface area contributed by atoms with Crippen LogP contribution in [-0.2, 0) is 6.42 Å². The zero-order valence-electron chi connectivity index (χ0n) is 8.65. The van der Waals surface area contributed by atoms with Crippen LogP contribution in [0.2, 0.25) is 0 Å². The summed E-state index contributed by atoms with van der Waals surface area (Å²) in [5.74, 6) is 0. The Balaban J connectivity index is 2.24. The van der Waals surface area contributed by atoms with E-state index in [4.69, 9.17) is 5.73 Å². The molecule has 1 rings (SSSR count). The fourth-order valence-electron chi connectivity index (χ4n) is 1.49. The number of thiophene rings is 1. The lowest BCUT2D eigenvalue weighted by molar-refractivity contribution is 0.131. The summed E-state index contributed by atoms with van der Waals surface area (Å²) < 4.78 is 0. The Labute approximate surface area is 89.8 Å².